The molecular formula is C56H34N4. The molecule has 278 valence electrons. The van der Waals surface area contributed by atoms with Crippen LogP contribution in [0.5, 0.6) is 0 Å². The normalized spacial score (nSPS) is 11.3. The first-order chi connectivity index (χ1) is 29.7. The van der Waals surface area contributed by atoms with Crippen LogP contribution in [0.4, 0.5) is 0 Å². The summed E-state index contributed by atoms with van der Waals surface area (Å²) >= 11 is 0. The van der Waals surface area contributed by atoms with Crippen LogP contribution in [0.2, 0.25) is 0 Å². The highest BCUT2D eigenvalue weighted by Gasteiger charge is 2.28. The Morgan fingerprint density at radius 3 is 0.900 bits per heavy atom. The number of aromatic nitrogens is 2. The summed E-state index contributed by atoms with van der Waals surface area (Å²) < 4.78 is 4.58. The Bertz CT molecular complexity index is 3210. The van der Waals surface area contributed by atoms with Crippen molar-refractivity contribution < 1.29 is 0 Å². The fraction of sp³-hybridized carbons (Fsp3) is 0. The van der Waals surface area contributed by atoms with E-state index in [1.54, 1.807) is 0 Å². The summed E-state index contributed by atoms with van der Waals surface area (Å²) in [4.78, 5) is 0. The van der Waals surface area contributed by atoms with Crippen LogP contribution < -0.4 is 0 Å². The maximum Gasteiger partial charge on any atom is 0.100 e. The minimum Gasteiger partial charge on any atom is -0.309 e. The molecule has 0 aliphatic heterocycles. The lowest BCUT2D eigenvalue weighted by Crippen LogP contribution is -2.03. The highest BCUT2D eigenvalue weighted by molar-refractivity contribution is 6.11. The third-order valence-corrected chi connectivity index (χ3v) is 11.8. The zero-order valence-electron chi connectivity index (χ0n) is 32.4. The van der Waals surface area contributed by atoms with E-state index in [4.69, 9.17) is 0 Å². The van der Waals surface area contributed by atoms with Gasteiger partial charge in [0.15, 0.2) is 0 Å². The minimum absolute atomic E-state index is 0.510. The van der Waals surface area contributed by atoms with Crippen molar-refractivity contribution >= 4 is 43.6 Å². The van der Waals surface area contributed by atoms with E-state index < -0.39 is 0 Å². The summed E-state index contributed by atoms with van der Waals surface area (Å²) in [5.74, 6) is 0. The van der Waals surface area contributed by atoms with Crippen molar-refractivity contribution in [3.05, 3.63) is 217 Å². The standard InChI is InChI=1S/C56H34N4/c57-35-47-53(37-17-3-1-4-18-37)55(39-21-15-23-41(33-39)59-49-29-11-7-25-43(49)44-26-8-12-30-50(44)59)48(36-58)54(38-19-5-2-6-20-38)56(47)40-22-16-24-42(34-40)60-51-31-13-9-27-45(51)46-28-10-14-32-52(46)60/h1-34H. The molecule has 0 bridgehead atoms. The number of para-hydroxylation sites is 4. The third-order valence-electron chi connectivity index (χ3n) is 11.8. The Labute approximate surface area is 347 Å². The number of nitrogens with zero attached hydrogens (tertiary/aromatic N) is 4. The summed E-state index contributed by atoms with van der Waals surface area (Å²) in [6.07, 6.45) is 0. The van der Waals surface area contributed by atoms with Gasteiger partial charge in [0.2, 0.25) is 0 Å². The Kier molecular flexibility index (Phi) is 8.22. The van der Waals surface area contributed by atoms with E-state index in [0.717, 1.165) is 77.9 Å². The summed E-state index contributed by atoms with van der Waals surface area (Å²) in [6, 6.07) is 76.2. The van der Waals surface area contributed by atoms with Gasteiger partial charge in [-0.25, -0.2) is 0 Å². The van der Waals surface area contributed by atoms with Gasteiger partial charge in [-0.1, -0.05) is 158 Å². The van der Waals surface area contributed by atoms with E-state index in [2.05, 4.69) is 167 Å². The maximum atomic E-state index is 11.6. The second-order valence-electron chi connectivity index (χ2n) is 15.0. The Hall–Kier alpha value is -8.44. The molecule has 0 saturated heterocycles. The average Bonchev–Trinajstić information content (AvgIpc) is 3.84. The summed E-state index contributed by atoms with van der Waals surface area (Å²) in [5, 5.41) is 27.8. The highest BCUT2D eigenvalue weighted by atomic mass is 15.0. The molecule has 11 aromatic rings. The van der Waals surface area contributed by atoms with Gasteiger partial charge < -0.3 is 9.13 Å². The molecule has 11 rings (SSSR count). The van der Waals surface area contributed by atoms with Gasteiger partial charge in [-0.3, -0.25) is 0 Å². The van der Waals surface area contributed by atoms with Crippen molar-refractivity contribution in [2.45, 2.75) is 0 Å². The number of rotatable bonds is 6. The van der Waals surface area contributed by atoms with Gasteiger partial charge in [-0.2, -0.15) is 10.5 Å². The van der Waals surface area contributed by atoms with Crippen molar-refractivity contribution in [3.8, 4) is 68.0 Å². The van der Waals surface area contributed by atoms with Crippen LogP contribution in [-0.2, 0) is 0 Å². The van der Waals surface area contributed by atoms with E-state index in [0.29, 0.717) is 11.1 Å². The van der Waals surface area contributed by atoms with Gasteiger partial charge in [0.05, 0.1) is 33.2 Å². The average molecular weight is 763 g/mol. The topological polar surface area (TPSA) is 57.4 Å². The lowest BCUT2D eigenvalue weighted by Gasteiger charge is -2.23. The third kappa shape index (κ3) is 5.37. The van der Waals surface area contributed by atoms with E-state index in [-0.39, 0.29) is 0 Å². The number of fused-ring (bicyclic) bond motifs is 6. The van der Waals surface area contributed by atoms with Gasteiger partial charge in [-0.05, 0) is 70.8 Å². The number of benzene rings is 9. The van der Waals surface area contributed by atoms with Crippen LogP contribution in [0.15, 0.2) is 206 Å². The minimum atomic E-state index is 0.510. The monoisotopic (exact) mass is 762 g/mol. The molecule has 0 atom stereocenters. The van der Waals surface area contributed by atoms with Crippen molar-refractivity contribution in [1.29, 1.82) is 10.5 Å². The molecule has 4 heteroatoms. The van der Waals surface area contributed by atoms with Crippen LogP contribution >= 0.6 is 0 Å². The van der Waals surface area contributed by atoms with Gasteiger partial charge >= 0.3 is 0 Å². The number of nitriles is 2. The zero-order valence-corrected chi connectivity index (χ0v) is 32.4. The lowest BCUT2D eigenvalue weighted by atomic mass is 9.78. The summed E-state index contributed by atoms with van der Waals surface area (Å²) in [6.45, 7) is 0. The van der Waals surface area contributed by atoms with Crippen LogP contribution in [0.3, 0.4) is 0 Å². The van der Waals surface area contributed by atoms with E-state index in [1.807, 2.05) is 60.7 Å². The SMILES string of the molecule is N#Cc1c(-c2ccccc2)c(-c2cccc(-n3c4ccccc4c4ccccc43)c2)c(C#N)c(-c2ccccc2)c1-c1cccc(-n2c3ccccc3c3ccccc32)c1. The fourth-order valence-corrected chi connectivity index (χ4v) is 9.34. The van der Waals surface area contributed by atoms with Crippen molar-refractivity contribution in [2.75, 3.05) is 0 Å². The van der Waals surface area contributed by atoms with Gasteiger partial charge in [0.1, 0.15) is 12.1 Å². The molecule has 0 amide bonds. The molecule has 9 aromatic carbocycles. The van der Waals surface area contributed by atoms with Gasteiger partial charge in [0, 0.05) is 55.2 Å². The second-order valence-corrected chi connectivity index (χ2v) is 15.0. The number of hydrogen-bond donors (Lipinski definition) is 0. The largest absolute Gasteiger partial charge is 0.309 e. The molecule has 60 heavy (non-hydrogen) atoms. The molecule has 2 aromatic heterocycles. The van der Waals surface area contributed by atoms with Crippen LogP contribution in [0.25, 0.3) is 99.5 Å². The Balaban J connectivity index is 1.24. The van der Waals surface area contributed by atoms with E-state index >= 15 is 0 Å². The molecular weight excluding hydrogens is 729 g/mol. The molecule has 0 N–H and O–H groups in total. The predicted molar refractivity (Wildman–Crippen MR) is 246 cm³/mol. The Morgan fingerprint density at radius 1 is 0.283 bits per heavy atom. The molecule has 0 fully saturated rings. The summed E-state index contributed by atoms with van der Waals surface area (Å²) in [5.41, 5.74) is 13.7. The smallest absolute Gasteiger partial charge is 0.100 e. The molecule has 0 unspecified atom stereocenters. The first kappa shape index (κ1) is 34.8. The van der Waals surface area contributed by atoms with Crippen LogP contribution in [0, 0.1) is 22.7 Å². The van der Waals surface area contributed by atoms with E-state index in [9.17, 15) is 10.5 Å². The molecule has 0 aliphatic carbocycles. The number of hydrogen-bond acceptors (Lipinski definition) is 2. The van der Waals surface area contributed by atoms with Gasteiger partial charge in [-0.15, -0.1) is 0 Å². The van der Waals surface area contributed by atoms with Crippen molar-refractivity contribution in [1.82, 2.24) is 9.13 Å². The van der Waals surface area contributed by atoms with Crippen LogP contribution in [-0.4, -0.2) is 9.13 Å². The quantitative estimate of drug-likeness (QED) is 0.169. The van der Waals surface area contributed by atoms with Gasteiger partial charge in [0.25, 0.3) is 0 Å². The molecule has 0 radical (unpaired) electrons. The molecule has 0 spiro atoms. The molecule has 4 nitrogen and oxygen atoms in total. The first-order valence-electron chi connectivity index (χ1n) is 20.1. The lowest BCUT2D eigenvalue weighted by molar-refractivity contribution is 1.18. The highest BCUT2D eigenvalue weighted by Crippen LogP contribution is 2.49. The molecule has 0 aliphatic rings. The first-order valence-corrected chi connectivity index (χ1v) is 20.1. The zero-order chi connectivity index (χ0) is 40.2. The molecule has 0 saturated carbocycles. The van der Waals surface area contributed by atoms with E-state index in [1.165, 1.54) is 21.5 Å². The Morgan fingerprint density at radius 2 is 0.567 bits per heavy atom. The van der Waals surface area contributed by atoms with Crippen molar-refractivity contribution in [2.24, 2.45) is 0 Å². The molecule has 2 heterocycles. The van der Waals surface area contributed by atoms with Crippen molar-refractivity contribution in [3.63, 3.8) is 0 Å². The maximum absolute atomic E-state index is 11.6. The fourth-order valence-electron chi connectivity index (χ4n) is 9.34. The summed E-state index contributed by atoms with van der Waals surface area (Å²) in [7, 11) is 0. The predicted octanol–water partition coefficient (Wildman–Crippen LogP) is 14.3. The second kappa shape index (κ2) is 14.2. The van der Waals surface area contributed by atoms with Crippen LogP contribution in [0.1, 0.15) is 11.1 Å².